The Labute approximate surface area is 163 Å². The van der Waals surface area contributed by atoms with Gasteiger partial charge in [-0.25, -0.2) is 4.98 Å². The molecule has 0 bridgehead atoms. The summed E-state index contributed by atoms with van der Waals surface area (Å²) in [6.07, 6.45) is 4.32. The number of nitrogens with one attached hydrogen (secondary N) is 2. The average molecular weight is 388 g/mol. The van der Waals surface area contributed by atoms with Crippen LogP contribution in [0.1, 0.15) is 37.3 Å². The predicted octanol–water partition coefficient (Wildman–Crippen LogP) is 2.71. The second kappa shape index (κ2) is 8.53. The van der Waals surface area contributed by atoms with E-state index >= 15 is 0 Å². The van der Waals surface area contributed by atoms with Gasteiger partial charge in [-0.2, -0.15) is 5.26 Å². The third kappa shape index (κ3) is 4.48. The van der Waals surface area contributed by atoms with E-state index in [0.29, 0.717) is 22.1 Å². The van der Waals surface area contributed by atoms with Crippen LogP contribution in [0.15, 0.2) is 30.6 Å². The van der Waals surface area contributed by atoms with Gasteiger partial charge in [0.05, 0.1) is 16.6 Å². The number of nitrogens with zero attached hydrogens (tertiary/aromatic N) is 3. The lowest BCUT2D eigenvalue weighted by Gasteiger charge is -2.36. The summed E-state index contributed by atoms with van der Waals surface area (Å²) in [5.41, 5.74) is 0.943. The molecule has 142 valence electrons. The van der Waals surface area contributed by atoms with Gasteiger partial charge < -0.3 is 15.4 Å². The van der Waals surface area contributed by atoms with Crippen molar-refractivity contribution in [3.05, 3.63) is 47.0 Å². The highest BCUT2D eigenvalue weighted by atomic mass is 35.5. The molecule has 1 aromatic heterocycles. The normalized spacial score (nSPS) is 17.9. The number of anilines is 1. The van der Waals surface area contributed by atoms with Crippen LogP contribution in [0.2, 0.25) is 5.02 Å². The third-order valence-electron chi connectivity index (χ3n) is 5.10. The molecule has 7 nitrogen and oxygen atoms in total. The van der Waals surface area contributed by atoms with Crippen molar-refractivity contribution in [2.75, 3.05) is 18.4 Å². The smallest absolute Gasteiger partial charge is 0.241 e. The molecule has 1 aliphatic heterocycles. The second-order valence-electron chi connectivity index (χ2n) is 6.76. The van der Waals surface area contributed by atoms with Crippen LogP contribution >= 0.6 is 11.6 Å². The number of H-pyrrole nitrogens is 1. The standard InChI is InChI=1S/C19H22ClN5O2/c1-12(19(27)24-15-3-2-14(11-21)16(20)10-15)25-8-4-13(5-9-25)17(26)18-22-6-7-23-18/h2-3,6-7,10,12-13,17,26H,4-5,8-9H2,1H3,(H,22,23)(H,24,27)/t12-,17-/m0/s1. The number of halogens is 1. The molecule has 2 heterocycles. The van der Waals surface area contributed by atoms with Crippen molar-refractivity contribution in [2.24, 2.45) is 5.92 Å². The zero-order valence-corrected chi connectivity index (χ0v) is 15.8. The maximum atomic E-state index is 12.6. The summed E-state index contributed by atoms with van der Waals surface area (Å²) in [5.74, 6) is 0.595. The number of aliphatic hydroxyl groups is 1. The first-order valence-electron chi connectivity index (χ1n) is 8.91. The van der Waals surface area contributed by atoms with E-state index in [9.17, 15) is 9.90 Å². The van der Waals surface area contributed by atoms with Gasteiger partial charge in [0.15, 0.2) is 0 Å². The van der Waals surface area contributed by atoms with E-state index in [1.54, 1.807) is 30.6 Å². The Hall–Kier alpha value is -2.40. The summed E-state index contributed by atoms with van der Waals surface area (Å²) in [5, 5.41) is 22.5. The van der Waals surface area contributed by atoms with E-state index in [4.69, 9.17) is 16.9 Å². The molecule has 1 amide bonds. The zero-order chi connectivity index (χ0) is 19.4. The summed E-state index contributed by atoms with van der Waals surface area (Å²) in [4.78, 5) is 21.7. The molecule has 1 aromatic carbocycles. The van der Waals surface area contributed by atoms with Gasteiger partial charge in [-0.1, -0.05) is 11.6 Å². The fourth-order valence-electron chi connectivity index (χ4n) is 3.38. The fourth-order valence-corrected chi connectivity index (χ4v) is 3.60. The number of benzene rings is 1. The number of aromatic nitrogens is 2. The molecule has 2 aromatic rings. The molecule has 0 saturated carbocycles. The number of carbonyl (C=O) groups is 1. The van der Waals surface area contributed by atoms with E-state index in [1.165, 1.54) is 0 Å². The molecule has 27 heavy (non-hydrogen) atoms. The first kappa shape index (κ1) is 19.4. The number of nitriles is 1. The number of amides is 1. The summed E-state index contributed by atoms with van der Waals surface area (Å²) in [7, 11) is 0. The highest BCUT2D eigenvalue weighted by Crippen LogP contribution is 2.30. The molecule has 1 aliphatic rings. The monoisotopic (exact) mass is 387 g/mol. The van der Waals surface area contributed by atoms with Crippen LogP contribution in [0.5, 0.6) is 0 Å². The van der Waals surface area contributed by atoms with Crippen LogP contribution in [-0.4, -0.2) is 45.0 Å². The van der Waals surface area contributed by atoms with Crippen molar-refractivity contribution in [3.63, 3.8) is 0 Å². The lowest BCUT2D eigenvalue weighted by Crippen LogP contribution is -2.46. The number of hydrogen-bond acceptors (Lipinski definition) is 5. The van der Waals surface area contributed by atoms with Crippen molar-refractivity contribution >= 4 is 23.2 Å². The van der Waals surface area contributed by atoms with Crippen LogP contribution < -0.4 is 5.32 Å². The Morgan fingerprint density at radius 3 is 2.81 bits per heavy atom. The summed E-state index contributed by atoms with van der Waals surface area (Å²) in [6, 6.07) is 6.52. The van der Waals surface area contributed by atoms with Gasteiger partial charge in [0, 0.05) is 18.1 Å². The van der Waals surface area contributed by atoms with Crippen molar-refractivity contribution in [1.29, 1.82) is 5.26 Å². The molecular formula is C19H22ClN5O2. The zero-order valence-electron chi connectivity index (χ0n) is 15.0. The van der Waals surface area contributed by atoms with Crippen LogP contribution in [-0.2, 0) is 4.79 Å². The fraction of sp³-hybridized carbons (Fsp3) is 0.421. The molecule has 0 unspecified atom stereocenters. The van der Waals surface area contributed by atoms with Crippen molar-refractivity contribution in [2.45, 2.75) is 31.9 Å². The molecule has 0 radical (unpaired) electrons. The molecule has 0 spiro atoms. The van der Waals surface area contributed by atoms with E-state index < -0.39 is 6.10 Å². The molecule has 1 fully saturated rings. The Kier molecular flexibility index (Phi) is 6.11. The van der Waals surface area contributed by atoms with Gasteiger partial charge in [-0.15, -0.1) is 0 Å². The quantitative estimate of drug-likeness (QED) is 0.731. The van der Waals surface area contributed by atoms with Gasteiger partial charge in [-0.05, 0) is 57.0 Å². The van der Waals surface area contributed by atoms with E-state index in [2.05, 4.69) is 20.2 Å². The number of aromatic amines is 1. The molecule has 8 heteroatoms. The number of carbonyl (C=O) groups excluding carboxylic acids is 1. The molecule has 3 rings (SSSR count). The minimum absolute atomic E-state index is 0.124. The topological polar surface area (TPSA) is 105 Å². The summed E-state index contributed by atoms with van der Waals surface area (Å²) < 4.78 is 0. The van der Waals surface area contributed by atoms with Crippen LogP contribution in [0.3, 0.4) is 0 Å². The van der Waals surface area contributed by atoms with Crippen LogP contribution in [0.25, 0.3) is 0 Å². The summed E-state index contributed by atoms with van der Waals surface area (Å²) in [6.45, 7) is 3.32. The van der Waals surface area contributed by atoms with E-state index in [-0.39, 0.29) is 17.9 Å². The average Bonchev–Trinajstić information content (AvgIpc) is 3.22. The van der Waals surface area contributed by atoms with Gasteiger partial charge in [0.25, 0.3) is 0 Å². The Morgan fingerprint density at radius 2 is 2.22 bits per heavy atom. The Balaban J connectivity index is 1.54. The minimum Gasteiger partial charge on any atom is -0.385 e. The first-order valence-corrected chi connectivity index (χ1v) is 9.29. The maximum Gasteiger partial charge on any atom is 0.241 e. The molecule has 3 N–H and O–H groups in total. The van der Waals surface area contributed by atoms with Crippen LogP contribution in [0, 0.1) is 17.2 Å². The van der Waals surface area contributed by atoms with Crippen LogP contribution in [0.4, 0.5) is 5.69 Å². The number of piperidine rings is 1. The Bertz CT molecular complexity index is 825. The molecule has 2 atom stereocenters. The van der Waals surface area contributed by atoms with E-state index in [1.807, 2.05) is 13.0 Å². The number of hydrogen-bond donors (Lipinski definition) is 3. The van der Waals surface area contributed by atoms with Gasteiger partial charge >= 0.3 is 0 Å². The number of aliphatic hydroxyl groups excluding tert-OH is 1. The lowest BCUT2D eigenvalue weighted by molar-refractivity contribution is -0.121. The third-order valence-corrected chi connectivity index (χ3v) is 5.42. The predicted molar refractivity (Wildman–Crippen MR) is 102 cm³/mol. The maximum absolute atomic E-state index is 12.6. The van der Waals surface area contributed by atoms with E-state index in [0.717, 1.165) is 25.9 Å². The molecular weight excluding hydrogens is 366 g/mol. The van der Waals surface area contributed by atoms with Crippen molar-refractivity contribution in [1.82, 2.24) is 14.9 Å². The van der Waals surface area contributed by atoms with Gasteiger partial charge in [0.2, 0.25) is 5.91 Å². The van der Waals surface area contributed by atoms with Gasteiger partial charge in [0.1, 0.15) is 18.0 Å². The number of rotatable bonds is 5. The highest BCUT2D eigenvalue weighted by molar-refractivity contribution is 6.32. The molecule has 1 saturated heterocycles. The van der Waals surface area contributed by atoms with Gasteiger partial charge in [-0.3, -0.25) is 9.69 Å². The Morgan fingerprint density at radius 1 is 1.48 bits per heavy atom. The van der Waals surface area contributed by atoms with Crippen molar-refractivity contribution < 1.29 is 9.90 Å². The second-order valence-corrected chi connectivity index (χ2v) is 7.17. The minimum atomic E-state index is -0.605. The SMILES string of the molecule is C[C@@H](C(=O)Nc1ccc(C#N)c(Cl)c1)N1CCC([C@H](O)c2ncc[nH]2)CC1. The number of imidazole rings is 1. The first-order chi connectivity index (χ1) is 13.0. The lowest BCUT2D eigenvalue weighted by atomic mass is 9.90. The number of likely N-dealkylation sites (tertiary alicyclic amines) is 1. The largest absolute Gasteiger partial charge is 0.385 e. The summed E-state index contributed by atoms with van der Waals surface area (Å²) >= 11 is 6.01. The highest BCUT2D eigenvalue weighted by Gasteiger charge is 2.31. The molecule has 0 aliphatic carbocycles. The van der Waals surface area contributed by atoms with Crippen molar-refractivity contribution in [3.8, 4) is 6.07 Å².